The topological polar surface area (TPSA) is 89.2 Å². The van der Waals surface area contributed by atoms with Crippen molar-refractivity contribution in [3.8, 4) is 5.75 Å². The highest BCUT2D eigenvalue weighted by atomic mass is 19.1. The Morgan fingerprint density at radius 3 is 2.68 bits per heavy atom. The number of carbonyl (C=O) groups excluding carboxylic acids is 2. The van der Waals surface area contributed by atoms with Gasteiger partial charge in [-0.1, -0.05) is 30.3 Å². The maximum atomic E-state index is 14.7. The number of carbonyl (C=O) groups is 2. The van der Waals surface area contributed by atoms with Crippen LogP contribution in [0.3, 0.4) is 0 Å². The van der Waals surface area contributed by atoms with Crippen molar-refractivity contribution < 1.29 is 33.0 Å². The van der Waals surface area contributed by atoms with Crippen LogP contribution in [0.25, 0.3) is 11.0 Å². The van der Waals surface area contributed by atoms with Gasteiger partial charge in [0.15, 0.2) is 22.9 Å². The first kappa shape index (κ1) is 20.6. The van der Waals surface area contributed by atoms with Crippen LogP contribution in [0.5, 0.6) is 5.75 Å². The number of furan rings is 1. The lowest BCUT2D eigenvalue weighted by molar-refractivity contribution is -0.130. The number of ketones is 1. The summed E-state index contributed by atoms with van der Waals surface area (Å²) in [4.78, 5) is 27.4. The second-order valence-electron chi connectivity index (χ2n) is 7.00. The van der Waals surface area contributed by atoms with Crippen molar-refractivity contribution >= 4 is 22.7 Å². The second-order valence-corrected chi connectivity index (χ2v) is 7.00. The summed E-state index contributed by atoms with van der Waals surface area (Å²) >= 11 is 0. The largest absolute Gasteiger partial charge is 0.503 e. The Labute approximate surface area is 177 Å². The van der Waals surface area contributed by atoms with E-state index in [1.807, 2.05) is 0 Å². The van der Waals surface area contributed by atoms with Gasteiger partial charge in [0.1, 0.15) is 5.82 Å². The summed E-state index contributed by atoms with van der Waals surface area (Å²) in [6, 6.07) is 11.4. The standard InChI is InChI=1S/C23H20FNO6/c1-29-11-10-25-19(14-7-3-4-8-15(14)24)18(21(27)23(25)28)20(26)17-12-13-6-5-9-16(30-2)22(13)31-17/h3-9,12,19,27H,10-11H2,1-2H3. The molecule has 1 N–H and O–H groups in total. The predicted molar refractivity (Wildman–Crippen MR) is 109 cm³/mol. The van der Waals surface area contributed by atoms with Crippen molar-refractivity contribution in [1.29, 1.82) is 0 Å². The molecule has 0 fully saturated rings. The molecule has 0 saturated heterocycles. The molecule has 0 saturated carbocycles. The van der Waals surface area contributed by atoms with Crippen molar-refractivity contribution in [2.75, 3.05) is 27.4 Å². The lowest BCUT2D eigenvalue weighted by atomic mass is 9.94. The molecule has 4 rings (SSSR count). The van der Waals surface area contributed by atoms with E-state index in [0.29, 0.717) is 16.7 Å². The molecular weight excluding hydrogens is 405 g/mol. The van der Waals surface area contributed by atoms with Gasteiger partial charge in [0.05, 0.1) is 25.3 Å². The van der Waals surface area contributed by atoms with E-state index in [4.69, 9.17) is 13.9 Å². The zero-order valence-electron chi connectivity index (χ0n) is 16.9. The molecule has 31 heavy (non-hydrogen) atoms. The van der Waals surface area contributed by atoms with Crippen molar-refractivity contribution in [3.63, 3.8) is 0 Å². The van der Waals surface area contributed by atoms with Gasteiger partial charge in [0, 0.05) is 24.6 Å². The molecular formula is C23H20FNO6. The maximum Gasteiger partial charge on any atom is 0.290 e. The molecule has 0 spiro atoms. The second kappa shape index (κ2) is 8.23. The van der Waals surface area contributed by atoms with Crippen LogP contribution in [-0.4, -0.2) is 49.1 Å². The van der Waals surface area contributed by atoms with Gasteiger partial charge >= 0.3 is 0 Å². The van der Waals surface area contributed by atoms with E-state index in [0.717, 1.165) is 0 Å². The van der Waals surface area contributed by atoms with Crippen LogP contribution in [0.15, 0.2) is 64.3 Å². The number of Topliss-reactive ketones (excluding diaryl/α,β-unsaturated/α-hetero) is 1. The Kier molecular flexibility index (Phi) is 5.48. The number of methoxy groups -OCH3 is 2. The number of halogens is 1. The summed E-state index contributed by atoms with van der Waals surface area (Å²) in [5, 5.41) is 11.2. The molecule has 1 aliphatic rings. The predicted octanol–water partition coefficient (Wildman–Crippen LogP) is 3.81. The molecule has 0 bridgehead atoms. The number of ether oxygens (including phenoxy) is 2. The third-order valence-corrected chi connectivity index (χ3v) is 5.24. The number of hydrogen-bond donors (Lipinski definition) is 1. The van der Waals surface area contributed by atoms with Crippen LogP contribution >= 0.6 is 0 Å². The van der Waals surface area contributed by atoms with Gasteiger partial charge < -0.3 is 23.9 Å². The Morgan fingerprint density at radius 2 is 1.97 bits per heavy atom. The van der Waals surface area contributed by atoms with E-state index in [2.05, 4.69) is 0 Å². The molecule has 160 valence electrons. The lowest BCUT2D eigenvalue weighted by Crippen LogP contribution is -2.34. The van der Waals surface area contributed by atoms with Gasteiger partial charge in [0.2, 0.25) is 5.78 Å². The number of hydrogen-bond acceptors (Lipinski definition) is 6. The van der Waals surface area contributed by atoms with Crippen LogP contribution in [0.2, 0.25) is 0 Å². The molecule has 2 heterocycles. The van der Waals surface area contributed by atoms with Crippen LogP contribution < -0.4 is 4.74 Å². The fraction of sp³-hybridized carbons (Fsp3) is 0.217. The quantitative estimate of drug-likeness (QED) is 0.579. The SMILES string of the molecule is COCCN1C(=O)C(O)=C(C(=O)c2cc3cccc(OC)c3o2)C1c1ccccc1F. The molecule has 1 aliphatic heterocycles. The van der Waals surface area contributed by atoms with Crippen LogP contribution in [-0.2, 0) is 9.53 Å². The van der Waals surface area contributed by atoms with E-state index in [1.165, 1.54) is 43.4 Å². The van der Waals surface area contributed by atoms with Gasteiger partial charge in [0.25, 0.3) is 5.91 Å². The van der Waals surface area contributed by atoms with Crippen LogP contribution in [0, 0.1) is 5.82 Å². The number of benzene rings is 2. The first-order valence-electron chi connectivity index (χ1n) is 9.56. The van der Waals surface area contributed by atoms with Gasteiger partial charge in [-0.15, -0.1) is 0 Å². The fourth-order valence-corrected chi connectivity index (χ4v) is 3.77. The highest BCUT2D eigenvalue weighted by molar-refractivity contribution is 6.16. The summed E-state index contributed by atoms with van der Waals surface area (Å²) in [5.41, 5.74) is 0.203. The van der Waals surface area contributed by atoms with Crippen molar-refractivity contribution in [2.24, 2.45) is 0 Å². The first-order chi connectivity index (χ1) is 15.0. The minimum absolute atomic E-state index is 0.0587. The summed E-state index contributed by atoms with van der Waals surface area (Å²) < 4.78 is 30.7. The van der Waals surface area contributed by atoms with Crippen LogP contribution in [0.1, 0.15) is 22.2 Å². The molecule has 2 aromatic carbocycles. The number of nitrogens with zero attached hydrogens (tertiary/aromatic N) is 1. The van der Waals surface area contributed by atoms with E-state index < -0.39 is 29.3 Å². The first-order valence-corrected chi connectivity index (χ1v) is 9.56. The minimum atomic E-state index is -1.12. The van der Waals surface area contributed by atoms with Gasteiger partial charge in [-0.25, -0.2) is 4.39 Å². The molecule has 0 radical (unpaired) electrons. The number of amides is 1. The van der Waals surface area contributed by atoms with Crippen molar-refractivity contribution in [2.45, 2.75) is 6.04 Å². The lowest BCUT2D eigenvalue weighted by Gasteiger charge is -2.26. The Morgan fingerprint density at radius 1 is 1.19 bits per heavy atom. The normalized spacial score (nSPS) is 16.4. The highest BCUT2D eigenvalue weighted by Gasteiger charge is 2.45. The molecule has 8 heteroatoms. The zero-order chi connectivity index (χ0) is 22.1. The monoisotopic (exact) mass is 425 g/mol. The smallest absolute Gasteiger partial charge is 0.290 e. The molecule has 1 amide bonds. The number of aliphatic hydroxyl groups excluding tert-OH is 1. The number of rotatable bonds is 7. The maximum absolute atomic E-state index is 14.7. The summed E-state index contributed by atoms with van der Waals surface area (Å²) in [7, 11) is 2.93. The molecule has 1 unspecified atom stereocenters. The summed E-state index contributed by atoms with van der Waals surface area (Å²) in [6.07, 6.45) is 0. The Balaban J connectivity index is 1.83. The third kappa shape index (κ3) is 3.44. The highest BCUT2D eigenvalue weighted by Crippen LogP contribution is 2.40. The van der Waals surface area contributed by atoms with Gasteiger partial charge in [-0.3, -0.25) is 9.59 Å². The van der Waals surface area contributed by atoms with Gasteiger partial charge in [-0.2, -0.15) is 0 Å². The zero-order valence-corrected chi connectivity index (χ0v) is 16.9. The molecule has 0 aliphatic carbocycles. The molecule has 3 aromatic rings. The average Bonchev–Trinajstić information content (AvgIpc) is 3.32. The van der Waals surface area contributed by atoms with Gasteiger partial charge in [-0.05, 0) is 18.2 Å². The van der Waals surface area contributed by atoms with E-state index >= 15 is 0 Å². The average molecular weight is 425 g/mol. The Hall–Kier alpha value is -3.65. The minimum Gasteiger partial charge on any atom is -0.503 e. The number of para-hydroxylation sites is 1. The Bertz CT molecular complexity index is 1200. The van der Waals surface area contributed by atoms with Crippen LogP contribution in [0.4, 0.5) is 4.39 Å². The molecule has 1 atom stereocenters. The molecule has 1 aromatic heterocycles. The van der Waals surface area contributed by atoms with Crippen molar-refractivity contribution in [1.82, 2.24) is 4.90 Å². The summed E-state index contributed by atoms with van der Waals surface area (Å²) in [6.45, 7) is 0.205. The summed E-state index contributed by atoms with van der Waals surface area (Å²) in [5.74, 6) is -2.48. The number of aliphatic hydroxyl groups is 1. The van der Waals surface area contributed by atoms with E-state index in [9.17, 15) is 19.1 Å². The number of fused-ring (bicyclic) bond motifs is 1. The fourth-order valence-electron chi connectivity index (χ4n) is 3.77. The third-order valence-electron chi connectivity index (χ3n) is 5.24. The van der Waals surface area contributed by atoms with E-state index in [-0.39, 0.29) is 30.0 Å². The van der Waals surface area contributed by atoms with E-state index in [1.54, 1.807) is 24.3 Å². The molecule has 7 nitrogen and oxygen atoms in total. The van der Waals surface area contributed by atoms with Crippen molar-refractivity contribution in [3.05, 3.63) is 77.0 Å².